The Kier molecular flexibility index (Phi) is 5.53. The van der Waals surface area contributed by atoms with Gasteiger partial charge in [-0.2, -0.15) is 15.0 Å². The predicted molar refractivity (Wildman–Crippen MR) is 102 cm³/mol. The minimum atomic E-state index is -0.765. The summed E-state index contributed by atoms with van der Waals surface area (Å²) >= 11 is 0. The number of nitrogens with one attached hydrogen (secondary N) is 1. The smallest absolute Gasteiger partial charge is 0.355 e. The summed E-state index contributed by atoms with van der Waals surface area (Å²) in [6.07, 6.45) is 1.22. The zero-order valence-electron chi connectivity index (χ0n) is 15.5. The van der Waals surface area contributed by atoms with Crippen LogP contribution in [0.25, 0.3) is 0 Å². The summed E-state index contributed by atoms with van der Waals surface area (Å²) in [5.41, 5.74) is 6.12. The van der Waals surface area contributed by atoms with E-state index in [1.54, 1.807) is 18.2 Å². The molecule has 3 rings (SSSR count). The van der Waals surface area contributed by atoms with Crippen LogP contribution in [0.5, 0.6) is 5.75 Å². The molecule has 0 unspecified atom stereocenters. The van der Waals surface area contributed by atoms with Crippen LogP contribution in [0.4, 0.5) is 23.3 Å². The average molecular weight is 399 g/mol. The zero-order valence-corrected chi connectivity index (χ0v) is 15.5. The number of esters is 1. The number of benzene rings is 1. The molecule has 0 aliphatic carbocycles. The first-order chi connectivity index (χ1) is 13.9. The Morgan fingerprint density at radius 1 is 1.31 bits per heavy atom. The molecule has 150 valence electrons. The van der Waals surface area contributed by atoms with Crippen LogP contribution in [-0.4, -0.2) is 37.5 Å². The highest BCUT2D eigenvalue weighted by Crippen LogP contribution is 2.25. The summed E-state index contributed by atoms with van der Waals surface area (Å²) < 4.78 is 11.7. The number of methoxy groups -OCH3 is 1. The lowest BCUT2D eigenvalue weighted by atomic mass is 10.3. The van der Waals surface area contributed by atoms with Crippen LogP contribution in [0.1, 0.15) is 16.3 Å². The van der Waals surface area contributed by atoms with Crippen LogP contribution in [0, 0.1) is 10.1 Å². The minimum Gasteiger partial charge on any atom is -0.495 e. The molecular formula is C17H17N7O5. The van der Waals surface area contributed by atoms with E-state index in [9.17, 15) is 14.9 Å². The fourth-order valence-electron chi connectivity index (χ4n) is 2.48. The maximum atomic E-state index is 12.2. The molecule has 12 nitrogen and oxygen atoms in total. The van der Waals surface area contributed by atoms with Crippen LogP contribution in [0.3, 0.4) is 0 Å². The summed E-state index contributed by atoms with van der Waals surface area (Å²) in [6, 6.07) is 8.26. The van der Waals surface area contributed by atoms with Crippen LogP contribution < -0.4 is 15.8 Å². The summed E-state index contributed by atoms with van der Waals surface area (Å²) in [5, 5.41) is 13.8. The molecule has 2 aromatic heterocycles. The van der Waals surface area contributed by atoms with Crippen molar-refractivity contribution in [3.05, 3.63) is 58.2 Å². The molecule has 3 aromatic rings. The number of nitrogen functional groups attached to an aromatic ring is 1. The number of nitrogens with two attached hydrogens (primary N) is 1. The monoisotopic (exact) mass is 399 g/mol. The summed E-state index contributed by atoms with van der Waals surface area (Å²) in [6.45, 7) is -0.300. The number of aryl methyl sites for hydroxylation is 1. The molecule has 0 saturated carbocycles. The highest BCUT2D eigenvalue weighted by atomic mass is 16.6. The molecule has 0 spiro atoms. The van der Waals surface area contributed by atoms with Gasteiger partial charge in [-0.1, -0.05) is 12.1 Å². The molecule has 3 N–H and O–H groups in total. The van der Waals surface area contributed by atoms with Crippen LogP contribution in [0.2, 0.25) is 0 Å². The van der Waals surface area contributed by atoms with Gasteiger partial charge in [-0.3, -0.25) is 10.1 Å². The number of para-hydroxylation sites is 2. The zero-order chi connectivity index (χ0) is 21.0. The SMILES string of the molecule is COc1ccccc1Nc1nc(N)nc(COC(=O)c2cc([N+](=O)[O-])cn2C)n1. The number of aromatic nitrogens is 4. The van der Waals surface area contributed by atoms with Crippen molar-refractivity contribution < 1.29 is 19.2 Å². The topological polar surface area (TPSA) is 160 Å². The fraction of sp³-hybridized carbons (Fsp3) is 0.176. The third kappa shape index (κ3) is 4.55. The van der Waals surface area contributed by atoms with Crippen molar-refractivity contribution in [1.29, 1.82) is 0 Å². The lowest BCUT2D eigenvalue weighted by Crippen LogP contribution is -2.13. The van der Waals surface area contributed by atoms with Gasteiger partial charge in [0, 0.05) is 13.1 Å². The van der Waals surface area contributed by atoms with Gasteiger partial charge in [0.05, 0.1) is 23.9 Å². The number of nitrogens with zero attached hydrogens (tertiary/aromatic N) is 5. The van der Waals surface area contributed by atoms with Crippen molar-refractivity contribution in [3.63, 3.8) is 0 Å². The van der Waals surface area contributed by atoms with E-state index < -0.39 is 10.9 Å². The molecule has 0 atom stereocenters. The fourth-order valence-corrected chi connectivity index (χ4v) is 2.48. The molecule has 0 radical (unpaired) electrons. The van der Waals surface area contributed by atoms with Crippen LogP contribution >= 0.6 is 0 Å². The quantitative estimate of drug-likeness (QED) is 0.340. The molecule has 0 fully saturated rings. The van der Waals surface area contributed by atoms with Gasteiger partial charge in [0.1, 0.15) is 11.4 Å². The highest BCUT2D eigenvalue weighted by Gasteiger charge is 2.19. The molecular weight excluding hydrogens is 382 g/mol. The van der Waals surface area contributed by atoms with Crippen molar-refractivity contribution in [3.8, 4) is 5.75 Å². The van der Waals surface area contributed by atoms with Crippen LogP contribution in [0.15, 0.2) is 36.5 Å². The van der Waals surface area contributed by atoms with Crippen molar-refractivity contribution in [2.45, 2.75) is 6.61 Å². The van der Waals surface area contributed by atoms with E-state index in [1.165, 1.54) is 24.9 Å². The first kappa shape index (κ1) is 19.5. The molecule has 0 amide bonds. The van der Waals surface area contributed by atoms with E-state index >= 15 is 0 Å². The number of rotatable bonds is 7. The Morgan fingerprint density at radius 3 is 2.76 bits per heavy atom. The Morgan fingerprint density at radius 2 is 2.07 bits per heavy atom. The maximum Gasteiger partial charge on any atom is 0.355 e. The summed E-state index contributed by atoms with van der Waals surface area (Å²) in [7, 11) is 3.03. The van der Waals surface area contributed by atoms with Gasteiger partial charge in [-0.15, -0.1) is 0 Å². The van der Waals surface area contributed by atoms with E-state index in [4.69, 9.17) is 15.2 Å². The van der Waals surface area contributed by atoms with E-state index in [2.05, 4.69) is 20.3 Å². The lowest BCUT2D eigenvalue weighted by molar-refractivity contribution is -0.384. The standard InChI is InChI=1S/C17H17N7O5/c1-23-8-10(24(26)27)7-12(23)15(25)29-9-14-20-16(18)22-17(21-14)19-11-5-3-4-6-13(11)28-2/h3-8H,9H2,1-2H3,(H3,18,19,20,21,22). The second kappa shape index (κ2) is 8.21. The third-order valence-electron chi connectivity index (χ3n) is 3.80. The van der Waals surface area contributed by atoms with Gasteiger partial charge < -0.3 is 25.1 Å². The molecule has 0 saturated heterocycles. The van der Waals surface area contributed by atoms with Crippen molar-refractivity contribution in [2.24, 2.45) is 7.05 Å². The lowest BCUT2D eigenvalue weighted by Gasteiger charge is -2.11. The van der Waals surface area contributed by atoms with E-state index in [0.29, 0.717) is 11.4 Å². The van der Waals surface area contributed by atoms with Gasteiger partial charge >= 0.3 is 5.97 Å². The minimum absolute atomic E-state index is 0.0195. The van der Waals surface area contributed by atoms with E-state index in [-0.39, 0.29) is 35.7 Å². The second-order valence-electron chi connectivity index (χ2n) is 5.79. The first-order valence-corrected chi connectivity index (χ1v) is 8.25. The highest BCUT2D eigenvalue weighted by molar-refractivity contribution is 5.88. The summed E-state index contributed by atoms with van der Waals surface area (Å²) in [5.74, 6) is -0.0175. The van der Waals surface area contributed by atoms with E-state index in [0.717, 1.165) is 6.07 Å². The van der Waals surface area contributed by atoms with Crippen molar-refractivity contribution in [1.82, 2.24) is 19.5 Å². The molecule has 2 heterocycles. The van der Waals surface area contributed by atoms with E-state index in [1.807, 2.05) is 6.07 Å². The van der Waals surface area contributed by atoms with Crippen LogP contribution in [-0.2, 0) is 18.4 Å². The largest absolute Gasteiger partial charge is 0.495 e. The van der Waals surface area contributed by atoms with Gasteiger partial charge in [0.25, 0.3) is 5.69 Å². The maximum absolute atomic E-state index is 12.2. The number of hydrogen-bond donors (Lipinski definition) is 2. The number of carbonyl (C=O) groups is 1. The number of nitro groups is 1. The number of hydrogen-bond acceptors (Lipinski definition) is 10. The molecule has 0 aliphatic heterocycles. The Balaban J connectivity index is 1.73. The Labute approximate surface area is 164 Å². The molecule has 12 heteroatoms. The Hall–Kier alpha value is -4.22. The predicted octanol–water partition coefficient (Wildman–Crippen LogP) is 1.81. The molecule has 29 heavy (non-hydrogen) atoms. The number of anilines is 3. The molecule has 0 bridgehead atoms. The van der Waals surface area contributed by atoms with Gasteiger partial charge in [-0.05, 0) is 12.1 Å². The van der Waals surface area contributed by atoms with Gasteiger partial charge in [0.2, 0.25) is 11.9 Å². The van der Waals surface area contributed by atoms with Gasteiger partial charge in [-0.25, -0.2) is 4.79 Å². The second-order valence-corrected chi connectivity index (χ2v) is 5.79. The number of ether oxygens (including phenoxy) is 2. The normalized spacial score (nSPS) is 10.4. The van der Waals surface area contributed by atoms with Crippen molar-refractivity contribution >= 4 is 29.2 Å². The molecule has 0 aliphatic rings. The summed E-state index contributed by atoms with van der Waals surface area (Å²) in [4.78, 5) is 34.5. The number of carbonyl (C=O) groups excluding carboxylic acids is 1. The van der Waals surface area contributed by atoms with Crippen molar-refractivity contribution in [2.75, 3.05) is 18.2 Å². The van der Waals surface area contributed by atoms with Gasteiger partial charge in [0.15, 0.2) is 12.4 Å². The molecule has 1 aromatic carbocycles. The Bertz CT molecular complexity index is 1070. The third-order valence-corrected chi connectivity index (χ3v) is 3.80. The average Bonchev–Trinajstić information content (AvgIpc) is 3.08. The first-order valence-electron chi connectivity index (χ1n) is 8.25.